The van der Waals surface area contributed by atoms with Crippen LogP contribution in [0.3, 0.4) is 0 Å². The van der Waals surface area contributed by atoms with E-state index in [1.807, 2.05) is 0 Å². The summed E-state index contributed by atoms with van der Waals surface area (Å²) in [5.41, 5.74) is 0.863. The minimum Gasteiger partial charge on any atom is -0.495 e. The van der Waals surface area contributed by atoms with Crippen LogP contribution in [0.5, 0.6) is 5.75 Å². The largest absolute Gasteiger partial charge is 0.495 e. The highest BCUT2D eigenvalue weighted by molar-refractivity contribution is 7.89. The van der Waals surface area contributed by atoms with E-state index < -0.39 is 15.9 Å². The fraction of sp³-hybridized carbons (Fsp3) is 0.364. The van der Waals surface area contributed by atoms with E-state index in [1.165, 1.54) is 33.3 Å². The van der Waals surface area contributed by atoms with Crippen molar-refractivity contribution < 1.29 is 22.7 Å². The zero-order chi connectivity index (χ0) is 23.5. The molecule has 0 aliphatic carbocycles. The fourth-order valence-corrected chi connectivity index (χ4v) is 4.75. The van der Waals surface area contributed by atoms with E-state index in [9.17, 15) is 18.0 Å². The van der Waals surface area contributed by atoms with Gasteiger partial charge in [-0.25, -0.2) is 12.7 Å². The molecule has 0 aromatic heterocycles. The number of methoxy groups -OCH3 is 1. The molecule has 1 aliphatic heterocycles. The van der Waals surface area contributed by atoms with Crippen molar-refractivity contribution in [2.75, 3.05) is 39.6 Å². The summed E-state index contributed by atoms with van der Waals surface area (Å²) in [7, 11) is 0.474. The predicted octanol–water partition coefficient (Wildman–Crippen LogP) is 3.09. The van der Waals surface area contributed by atoms with Crippen LogP contribution in [0.1, 0.15) is 23.2 Å². The Morgan fingerprint density at radius 3 is 2.47 bits per heavy atom. The first-order chi connectivity index (χ1) is 15.1. The van der Waals surface area contributed by atoms with Gasteiger partial charge in [-0.3, -0.25) is 9.59 Å². The molecule has 8 nitrogen and oxygen atoms in total. The number of likely N-dealkylation sites (tertiary alicyclic amines) is 1. The van der Waals surface area contributed by atoms with Gasteiger partial charge in [-0.05, 0) is 55.3 Å². The number of nitrogens with one attached hydrogen (secondary N) is 1. The van der Waals surface area contributed by atoms with Gasteiger partial charge in [0.15, 0.2) is 0 Å². The molecule has 3 rings (SSSR count). The molecule has 0 spiro atoms. The van der Waals surface area contributed by atoms with Crippen LogP contribution in [0.15, 0.2) is 47.4 Å². The molecule has 1 heterocycles. The third-order valence-corrected chi connectivity index (χ3v) is 7.45. The number of nitrogens with zero attached hydrogens (tertiary/aromatic N) is 2. The highest BCUT2D eigenvalue weighted by Crippen LogP contribution is 2.29. The normalized spacial score (nSPS) is 16.7. The van der Waals surface area contributed by atoms with Gasteiger partial charge in [-0.1, -0.05) is 11.6 Å². The zero-order valence-electron chi connectivity index (χ0n) is 18.2. The summed E-state index contributed by atoms with van der Waals surface area (Å²) in [5.74, 6) is -0.634. The summed E-state index contributed by atoms with van der Waals surface area (Å²) in [6.07, 6.45) is 1.33. The van der Waals surface area contributed by atoms with Crippen LogP contribution in [-0.2, 0) is 14.8 Å². The second-order valence-electron chi connectivity index (χ2n) is 7.74. The standard InChI is InChI=1S/C22H26ClN3O5S/c1-25(2)32(29,30)20-13-18(10-11-19(20)31-3)24-21(27)16-5-4-12-26(14-16)22(28)15-6-8-17(23)9-7-15/h6-11,13,16H,4-5,12,14H2,1-3H3,(H,24,27)/t16-/m1/s1. The molecule has 1 fully saturated rings. The minimum absolute atomic E-state index is 0.0361. The number of anilines is 1. The van der Waals surface area contributed by atoms with E-state index in [0.717, 1.165) is 4.31 Å². The number of rotatable bonds is 6. The number of benzene rings is 2. The van der Waals surface area contributed by atoms with E-state index >= 15 is 0 Å². The second-order valence-corrected chi connectivity index (χ2v) is 10.3. The quantitative estimate of drug-likeness (QED) is 0.686. The molecule has 1 saturated heterocycles. The van der Waals surface area contributed by atoms with E-state index in [4.69, 9.17) is 16.3 Å². The van der Waals surface area contributed by atoms with Crippen molar-refractivity contribution in [2.45, 2.75) is 17.7 Å². The summed E-state index contributed by atoms with van der Waals surface area (Å²) in [4.78, 5) is 27.3. The molecule has 0 bridgehead atoms. The van der Waals surface area contributed by atoms with E-state index in [0.29, 0.717) is 35.7 Å². The number of amides is 2. The lowest BCUT2D eigenvalue weighted by atomic mass is 9.96. The topological polar surface area (TPSA) is 96.0 Å². The number of carbonyl (C=O) groups is 2. The molecule has 2 aromatic carbocycles. The van der Waals surface area contributed by atoms with E-state index in [-0.39, 0.29) is 29.0 Å². The average Bonchev–Trinajstić information content (AvgIpc) is 2.79. The molecule has 0 radical (unpaired) electrons. The maximum atomic E-state index is 12.9. The fourth-order valence-electron chi connectivity index (χ4n) is 3.55. The number of hydrogen-bond acceptors (Lipinski definition) is 5. The van der Waals surface area contributed by atoms with Crippen LogP contribution in [0.2, 0.25) is 5.02 Å². The third-order valence-electron chi connectivity index (χ3n) is 5.36. The lowest BCUT2D eigenvalue weighted by Gasteiger charge is -2.32. The van der Waals surface area contributed by atoms with Gasteiger partial charge in [0, 0.05) is 43.5 Å². The van der Waals surface area contributed by atoms with E-state index in [1.54, 1.807) is 35.2 Å². The van der Waals surface area contributed by atoms with Gasteiger partial charge < -0.3 is 15.0 Å². The number of ether oxygens (including phenoxy) is 1. The molecular formula is C22H26ClN3O5S. The highest BCUT2D eigenvalue weighted by Gasteiger charge is 2.30. The molecule has 172 valence electrons. The maximum absolute atomic E-state index is 12.9. The molecule has 2 amide bonds. The Morgan fingerprint density at radius 1 is 1.16 bits per heavy atom. The average molecular weight is 480 g/mol. The van der Waals surface area contributed by atoms with Gasteiger partial charge in [0.1, 0.15) is 10.6 Å². The summed E-state index contributed by atoms with van der Waals surface area (Å²) >= 11 is 5.89. The Hall–Kier alpha value is -2.62. The van der Waals surface area contributed by atoms with Crippen LogP contribution < -0.4 is 10.1 Å². The summed E-state index contributed by atoms with van der Waals surface area (Å²) in [6, 6.07) is 11.1. The Labute approximate surface area is 193 Å². The van der Waals surface area contributed by atoms with Crippen molar-refractivity contribution in [2.24, 2.45) is 5.92 Å². The van der Waals surface area contributed by atoms with Crippen LogP contribution in [0.25, 0.3) is 0 Å². The summed E-state index contributed by atoms with van der Waals surface area (Å²) < 4.78 is 31.5. The molecule has 2 aromatic rings. The van der Waals surface area contributed by atoms with Crippen molar-refractivity contribution in [3.63, 3.8) is 0 Å². The molecule has 32 heavy (non-hydrogen) atoms. The Balaban J connectivity index is 1.74. The SMILES string of the molecule is COc1ccc(NC(=O)[C@@H]2CCCN(C(=O)c3ccc(Cl)cc3)C2)cc1S(=O)(=O)N(C)C. The molecule has 10 heteroatoms. The van der Waals surface area contributed by atoms with Gasteiger partial charge in [0.05, 0.1) is 13.0 Å². The van der Waals surface area contributed by atoms with Gasteiger partial charge >= 0.3 is 0 Å². The zero-order valence-corrected chi connectivity index (χ0v) is 19.7. The smallest absolute Gasteiger partial charge is 0.253 e. The second kappa shape index (κ2) is 9.89. The lowest BCUT2D eigenvalue weighted by Crippen LogP contribution is -2.43. The lowest BCUT2D eigenvalue weighted by molar-refractivity contribution is -0.121. The molecule has 1 N–H and O–H groups in total. The summed E-state index contributed by atoms with van der Waals surface area (Å²) in [6.45, 7) is 0.852. The minimum atomic E-state index is -3.76. The van der Waals surface area contributed by atoms with Crippen molar-refractivity contribution in [3.05, 3.63) is 53.1 Å². The van der Waals surface area contributed by atoms with Crippen LogP contribution in [-0.4, -0.2) is 63.7 Å². The molecular weight excluding hydrogens is 454 g/mol. The van der Waals surface area contributed by atoms with Crippen molar-refractivity contribution >= 4 is 39.1 Å². The van der Waals surface area contributed by atoms with Gasteiger partial charge in [0.2, 0.25) is 15.9 Å². The number of carbonyl (C=O) groups excluding carboxylic acids is 2. The number of piperidine rings is 1. The van der Waals surface area contributed by atoms with Crippen LogP contribution >= 0.6 is 11.6 Å². The molecule has 0 unspecified atom stereocenters. The Morgan fingerprint density at radius 2 is 1.84 bits per heavy atom. The first-order valence-corrected chi connectivity index (χ1v) is 11.9. The predicted molar refractivity (Wildman–Crippen MR) is 123 cm³/mol. The van der Waals surface area contributed by atoms with Crippen molar-refractivity contribution in [3.8, 4) is 5.75 Å². The third kappa shape index (κ3) is 5.23. The van der Waals surface area contributed by atoms with E-state index in [2.05, 4.69) is 5.32 Å². The molecule has 1 aliphatic rings. The maximum Gasteiger partial charge on any atom is 0.253 e. The number of halogens is 1. The van der Waals surface area contributed by atoms with Gasteiger partial charge in [-0.15, -0.1) is 0 Å². The number of sulfonamides is 1. The monoisotopic (exact) mass is 479 g/mol. The van der Waals surface area contributed by atoms with Crippen LogP contribution in [0, 0.1) is 5.92 Å². The Bertz CT molecular complexity index is 1100. The first-order valence-electron chi connectivity index (χ1n) is 10.1. The molecule has 1 atom stereocenters. The van der Waals surface area contributed by atoms with Crippen molar-refractivity contribution in [1.29, 1.82) is 0 Å². The molecule has 0 saturated carbocycles. The first kappa shape index (κ1) is 24.0. The summed E-state index contributed by atoms with van der Waals surface area (Å²) in [5, 5.41) is 3.34. The number of hydrogen-bond donors (Lipinski definition) is 1. The van der Waals surface area contributed by atoms with Gasteiger partial charge in [0.25, 0.3) is 5.91 Å². The van der Waals surface area contributed by atoms with Crippen LogP contribution in [0.4, 0.5) is 5.69 Å². The Kier molecular flexibility index (Phi) is 7.43. The van der Waals surface area contributed by atoms with Gasteiger partial charge in [-0.2, -0.15) is 0 Å². The highest BCUT2D eigenvalue weighted by atomic mass is 35.5. The van der Waals surface area contributed by atoms with Crippen molar-refractivity contribution in [1.82, 2.24) is 9.21 Å².